The van der Waals surface area contributed by atoms with Gasteiger partial charge in [0.25, 0.3) is 0 Å². The maximum Gasteiger partial charge on any atom is 0.181 e. The third kappa shape index (κ3) is 4.72. The van der Waals surface area contributed by atoms with Gasteiger partial charge >= 0.3 is 0 Å². The minimum atomic E-state index is 0. The van der Waals surface area contributed by atoms with Gasteiger partial charge in [-0.05, 0) is 68.8 Å². The first-order valence-electron chi connectivity index (χ1n) is 9.45. The summed E-state index contributed by atoms with van der Waals surface area (Å²) in [7, 11) is 5.85. The molecule has 1 aliphatic rings. The molecule has 2 aromatic carbocycles. The molecule has 0 atom stereocenters. The molecule has 1 aliphatic carbocycles. The number of halogens is 1. The third-order valence-electron chi connectivity index (χ3n) is 4.83. The lowest BCUT2D eigenvalue weighted by atomic mass is 10.1. The molecule has 0 aliphatic heterocycles. The molecule has 1 heterocycles. The average Bonchev–Trinajstić information content (AvgIpc) is 3.38. The van der Waals surface area contributed by atoms with Crippen LogP contribution in [-0.4, -0.2) is 40.9 Å². The molecule has 0 unspecified atom stereocenters. The van der Waals surface area contributed by atoms with Gasteiger partial charge in [0.05, 0.1) is 7.11 Å². The lowest BCUT2D eigenvalue weighted by Gasteiger charge is -2.11. The van der Waals surface area contributed by atoms with E-state index in [4.69, 9.17) is 14.8 Å². The summed E-state index contributed by atoms with van der Waals surface area (Å²) in [5.41, 5.74) is 3.42. The van der Waals surface area contributed by atoms with E-state index in [1.165, 1.54) is 18.4 Å². The Morgan fingerprint density at radius 3 is 2.46 bits per heavy atom. The Labute approximate surface area is 172 Å². The van der Waals surface area contributed by atoms with Crippen LogP contribution in [0.5, 0.6) is 5.75 Å². The Balaban J connectivity index is 0.00000225. The zero-order valence-electron chi connectivity index (χ0n) is 16.6. The predicted molar refractivity (Wildman–Crippen MR) is 115 cm³/mol. The van der Waals surface area contributed by atoms with Crippen LogP contribution in [0.25, 0.3) is 22.8 Å². The minimum Gasteiger partial charge on any atom is -0.497 e. The minimum absolute atomic E-state index is 0. The molecule has 6 heteroatoms. The Morgan fingerprint density at radius 2 is 1.82 bits per heavy atom. The number of benzene rings is 2. The van der Waals surface area contributed by atoms with Crippen molar-refractivity contribution in [2.75, 3.05) is 21.2 Å². The smallest absolute Gasteiger partial charge is 0.181 e. The first kappa shape index (κ1) is 20.4. The van der Waals surface area contributed by atoms with Crippen molar-refractivity contribution in [3.05, 3.63) is 54.1 Å². The van der Waals surface area contributed by atoms with Gasteiger partial charge in [0, 0.05) is 24.2 Å². The molecule has 3 aromatic rings. The van der Waals surface area contributed by atoms with Gasteiger partial charge in [0.1, 0.15) is 5.75 Å². The average molecular weight is 399 g/mol. The molecular formula is C22H27ClN4O. The van der Waals surface area contributed by atoms with E-state index >= 15 is 0 Å². The summed E-state index contributed by atoms with van der Waals surface area (Å²) in [5.74, 6) is 3.30. The van der Waals surface area contributed by atoms with E-state index in [9.17, 15) is 0 Å². The highest BCUT2D eigenvalue weighted by molar-refractivity contribution is 5.85. The van der Waals surface area contributed by atoms with Crippen LogP contribution < -0.4 is 4.74 Å². The van der Waals surface area contributed by atoms with Crippen molar-refractivity contribution < 1.29 is 4.74 Å². The standard InChI is InChI=1S/C22H26N4O.ClH/c1-25(2)14-17-5-4-6-19(13-17)22-23-21(24-26(22)15-16-7-8-16)18-9-11-20(27-3)12-10-18;/h4-6,9-13,16H,7-8,14-15H2,1-3H3;1H. The topological polar surface area (TPSA) is 43.2 Å². The van der Waals surface area contributed by atoms with Crippen molar-refractivity contribution >= 4 is 12.4 Å². The largest absolute Gasteiger partial charge is 0.497 e. The van der Waals surface area contributed by atoms with Crippen LogP contribution in [0.2, 0.25) is 0 Å². The van der Waals surface area contributed by atoms with E-state index in [1.54, 1.807) is 7.11 Å². The molecule has 0 N–H and O–H groups in total. The number of hydrogen-bond acceptors (Lipinski definition) is 4. The Hall–Kier alpha value is -2.37. The summed E-state index contributed by atoms with van der Waals surface area (Å²) in [6, 6.07) is 16.6. The number of aromatic nitrogens is 3. The number of nitrogens with zero attached hydrogens (tertiary/aromatic N) is 4. The summed E-state index contributed by atoms with van der Waals surface area (Å²) in [6.07, 6.45) is 2.58. The molecule has 0 saturated heterocycles. The van der Waals surface area contributed by atoms with Gasteiger partial charge < -0.3 is 9.64 Å². The maximum absolute atomic E-state index is 5.26. The van der Waals surface area contributed by atoms with Crippen molar-refractivity contribution in [3.8, 4) is 28.5 Å². The molecule has 0 spiro atoms. The van der Waals surface area contributed by atoms with Crippen molar-refractivity contribution in [2.45, 2.75) is 25.9 Å². The second-order valence-electron chi connectivity index (χ2n) is 7.55. The van der Waals surface area contributed by atoms with Crippen LogP contribution in [-0.2, 0) is 13.1 Å². The quantitative estimate of drug-likeness (QED) is 0.587. The lowest BCUT2D eigenvalue weighted by molar-refractivity contribution is 0.402. The predicted octanol–water partition coefficient (Wildman–Crippen LogP) is 4.51. The number of rotatable bonds is 7. The lowest BCUT2D eigenvalue weighted by Crippen LogP contribution is -2.10. The number of hydrogen-bond donors (Lipinski definition) is 0. The van der Waals surface area contributed by atoms with Crippen LogP contribution in [0, 0.1) is 5.92 Å². The highest BCUT2D eigenvalue weighted by atomic mass is 35.5. The van der Waals surface area contributed by atoms with E-state index in [0.29, 0.717) is 0 Å². The highest BCUT2D eigenvalue weighted by Crippen LogP contribution is 2.33. The Morgan fingerprint density at radius 1 is 1.07 bits per heavy atom. The molecule has 4 rings (SSSR count). The van der Waals surface area contributed by atoms with Gasteiger partial charge in [-0.3, -0.25) is 0 Å². The van der Waals surface area contributed by atoms with Gasteiger partial charge in [-0.2, -0.15) is 5.10 Å². The van der Waals surface area contributed by atoms with Gasteiger partial charge in [-0.1, -0.05) is 18.2 Å². The summed E-state index contributed by atoms with van der Waals surface area (Å²) in [6.45, 7) is 1.85. The van der Waals surface area contributed by atoms with Crippen LogP contribution in [0.4, 0.5) is 0 Å². The van der Waals surface area contributed by atoms with Crippen LogP contribution >= 0.6 is 12.4 Å². The molecular weight excluding hydrogens is 372 g/mol. The molecule has 0 bridgehead atoms. The summed E-state index contributed by atoms with van der Waals surface area (Å²) >= 11 is 0. The highest BCUT2D eigenvalue weighted by Gasteiger charge is 2.25. The normalized spacial score (nSPS) is 13.4. The molecule has 1 fully saturated rings. The molecule has 1 aromatic heterocycles. The fourth-order valence-electron chi connectivity index (χ4n) is 3.26. The van der Waals surface area contributed by atoms with Crippen LogP contribution in [0.15, 0.2) is 48.5 Å². The second-order valence-corrected chi connectivity index (χ2v) is 7.55. The van der Waals surface area contributed by atoms with Gasteiger partial charge in [0.2, 0.25) is 0 Å². The second kappa shape index (κ2) is 8.76. The first-order chi connectivity index (χ1) is 13.1. The zero-order valence-corrected chi connectivity index (χ0v) is 17.4. The SMILES string of the molecule is COc1ccc(-c2nc(-c3cccc(CN(C)C)c3)n(CC3CC3)n2)cc1.Cl. The van der Waals surface area contributed by atoms with E-state index in [0.717, 1.165) is 47.5 Å². The van der Waals surface area contributed by atoms with Crippen molar-refractivity contribution in [2.24, 2.45) is 5.92 Å². The maximum atomic E-state index is 5.26. The number of methoxy groups -OCH3 is 1. The van der Waals surface area contributed by atoms with Gasteiger partial charge in [-0.15, -0.1) is 12.4 Å². The Kier molecular flexibility index (Phi) is 6.37. The van der Waals surface area contributed by atoms with E-state index in [1.807, 2.05) is 24.3 Å². The van der Waals surface area contributed by atoms with Crippen molar-refractivity contribution in [1.82, 2.24) is 19.7 Å². The molecule has 1 saturated carbocycles. The fraction of sp³-hybridized carbons (Fsp3) is 0.364. The molecule has 28 heavy (non-hydrogen) atoms. The monoisotopic (exact) mass is 398 g/mol. The van der Waals surface area contributed by atoms with Gasteiger partial charge in [-0.25, -0.2) is 9.67 Å². The van der Waals surface area contributed by atoms with Crippen LogP contribution in [0.3, 0.4) is 0 Å². The summed E-state index contributed by atoms with van der Waals surface area (Å²) < 4.78 is 7.35. The Bertz CT molecular complexity index is 917. The van der Waals surface area contributed by atoms with E-state index in [-0.39, 0.29) is 12.4 Å². The number of ether oxygens (including phenoxy) is 1. The third-order valence-corrected chi connectivity index (χ3v) is 4.83. The fourth-order valence-corrected chi connectivity index (χ4v) is 3.26. The summed E-state index contributed by atoms with van der Waals surface area (Å²) in [4.78, 5) is 7.08. The van der Waals surface area contributed by atoms with Crippen LogP contribution in [0.1, 0.15) is 18.4 Å². The molecule has 5 nitrogen and oxygen atoms in total. The molecule has 148 valence electrons. The zero-order chi connectivity index (χ0) is 18.8. The van der Waals surface area contributed by atoms with Crippen molar-refractivity contribution in [3.63, 3.8) is 0 Å². The molecule has 0 amide bonds. The van der Waals surface area contributed by atoms with Crippen molar-refractivity contribution in [1.29, 1.82) is 0 Å². The summed E-state index contributed by atoms with van der Waals surface area (Å²) in [5, 5.41) is 4.84. The van der Waals surface area contributed by atoms with E-state index < -0.39 is 0 Å². The van der Waals surface area contributed by atoms with Gasteiger partial charge in [0.15, 0.2) is 11.6 Å². The molecule has 0 radical (unpaired) electrons. The van der Waals surface area contributed by atoms with E-state index in [2.05, 4.69) is 47.9 Å². The first-order valence-corrected chi connectivity index (χ1v) is 9.45.